The number of anilines is 1. The first-order chi connectivity index (χ1) is 15.6. The number of nitrogens with one attached hydrogen (secondary N) is 1. The van der Waals surface area contributed by atoms with Gasteiger partial charge >= 0.3 is 6.18 Å². The van der Waals surface area contributed by atoms with Gasteiger partial charge in [0.25, 0.3) is 0 Å². The van der Waals surface area contributed by atoms with E-state index in [2.05, 4.69) is 10.3 Å². The Balaban J connectivity index is 1.72. The molecule has 0 radical (unpaired) electrons. The highest BCUT2D eigenvalue weighted by molar-refractivity contribution is 5.94. The van der Waals surface area contributed by atoms with Gasteiger partial charge in [-0.25, -0.2) is 0 Å². The Morgan fingerprint density at radius 3 is 2.48 bits per heavy atom. The van der Waals surface area contributed by atoms with Crippen LogP contribution in [0.1, 0.15) is 31.4 Å². The zero-order valence-corrected chi connectivity index (χ0v) is 18.3. The van der Waals surface area contributed by atoms with Gasteiger partial charge in [-0.05, 0) is 67.3 Å². The topological polar surface area (TPSA) is 71.5 Å². The molecular formula is C25H25F3N2O3. The molecule has 0 bridgehead atoms. The van der Waals surface area contributed by atoms with Crippen molar-refractivity contribution in [2.75, 3.05) is 5.32 Å². The molecule has 33 heavy (non-hydrogen) atoms. The van der Waals surface area contributed by atoms with E-state index in [1.54, 1.807) is 43.6 Å². The number of halogens is 3. The molecule has 1 aromatic heterocycles. The van der Waals surface area contributed by atoms with Gasteiger partial charge in [0.1, 0.15) is 11.9 Å². The molecule has 1 heterocycles. The second-order valence-corrected chi connectivity index (χ2v) is 7.75. The molecule has 0 aliphatic rings. The number of rotatable bonds is 8. The Morgan fingerprint density at radius 1 is 1.15 bits per heavy atom. The normalized spacial score (nSPS) is 13.3. The first kappa shape index (κ1) is 24.3. The molecule has 0 aliphatic heterocycles. The molecule has 0 unspecified atom stereocenters. The number of aliphatic hydroxyl groups excluding tert-OH is 1. The zero-order chi connectivity index (χ0) is 24.0. The van der Waals surface area contributed by atoms with Gasteiger partial charge in [-0.15, -0.1) is 0 Å². The second-order valence-electron chi connectivity index (χ2n) is 7.75. The van der Waals surface area contributed by atoms with E-state index in [1.807, 2.05) is 12.1 Å². The summed E-state index contributed by atoms with van der Waals surface area (Å²) in [6.07, 6.45) is -1.11. The Bertz CT molecular complexity index is 1070. The SMILES string of the molecule is CC(=O)Nc1ccc(C(F)(F)F)cc1-c1ccc(O[C@@H](C)[C@H](O)CCc2cccnc2)cc1. The van der Waals surface area contributed by atoms with Crippen LogP contribution in [0.15, 0.2) is 67.0 Å². The van der Waals surface area contributed by atoms with E-state index >= 15 is 0 Å². The lowest BCUT2D eigenvalue weighted by atomic mass is 10.00. The van der Waals surface area contributed by atoms with Crippen LogP contribution in [-0.2, 0) is 17.4 Å². The van der Waals surface area contributed by atoms with E-state index in [0.29, 0.717) is 24.2 Å². The van der Waals surface area contributed by atoms with E-state index in [4.69, 9.17) is 4.74 Å². The summed E-state index contributed by atoms with van der Waals surface area (Å²) in [5.41, 5.74) is 1.22. The standard InChI is InChI=1S/C25H25F3N2O3/c1-16(24(32)12-5-18-4-3-13-29-15-18)33-21-9-6-19(7-10-21)22-14-20(25(26,27)28)8-11-23(22)30-17(2)31/h3-4,6-11,13-16,24,32H,5,12H2,1-2H3,(H,30,31)/t16-,24+/m0/s1. The molecule has 0 fully saturated rings. The maximum atomic E-state index is 13.2. The van der Waals surface area contributed by atoms with Gasteiger partial charge in [0, 0.05) is 30.6 Å². The van der Waals surface area contributed by atoms with Crippen LogP contribution < -0.4 is 10.1 Å². The highest BCUT2D eigenvalue weighted by atomic mass is 19.4. The monoisotopic (exact) mass is 458 g/mol. The molecule has 0 aliphatic carbocycles. The predicted molar refractivity (Wildman–Crippen MR) is 120 cm³/mol. The lowest BCUT2D eigenvalue weighted by molar-refractivity contribution is -0.137. The molecule has 2 atom stereocenters. The number of hydrogen-bond acceptors (Lipinski definition) is 4. The van der Waals surface area contributed by atoms with Gasteiger partial charge in [-0.1, -0.05) is 18.2 Å². The van der Waals surface area contributed by atoms with Crippen molar-refractivity contribution in [2.45, 2.75) is 45.1 Å². The molecule has 2 N–H and O–H groups in total. The van der Waals surface area contributed by atoms with Crippen LogP contribution in [0.3, 0.4) is 0 Å². The van der Waals surface area contributed by atoms with Crippen LogP contribution >= 0.6 is 0 Å². The summed E-state index contributed by atoms with van der Waals surface area (Å²) >= 11 is 0. The van der Waals surface area contributed by atoms with E-state index in [-0.39, 0.29) is 17.2 Å². The van der Waals surface area contributed by atoms with Crippen LogP contribution in [-0.4, -0.2) is 28.2 Å². The Kier molecular flexibility index (Phi) is 7.71. The highest BCUT2D eigenvalue weighted by Gasteiger charge is 2.31. The molecule has 1 amide bonds. The van der Waals surface area contributed by atoms with Crippen molar-refractivity contribution >= 4 is 11.6 Å². The summed E-state index contributed by atoms with van der Waals surface area (Å²) in [4.78, 5) is 15.5. The van der Waals surface area contributed by atoms with Crippen LogP contribution in [0.5, 0.6) is 5.75 Å². The summed E-state index contributed by atoms with van der Waals surface area (Å²) in [6.45, 7) is 3.04. The van der Waals surface area contributed by atoms with Crippen molar-refractivity contribution in [3.63, 3.8) is 0 Å². The van der Waals surface area contributed by atoms with Crippen molar-refractivity contribution in [1.29, 1.82) is 0 Å². The predicted octanol–water partition coefficient (Wildman–Crippen LogP) is 5.49. The van der Waals surface area contributed by atoms with E-state index in [0.717, 1.165) is 17.7 Å². The highest BCUT2D eigenvalue weighted by Crippen LogP contribution is 2.36. The number of carbonyl (C=O) groups excluding carboxylic acids is 1. The van der Waals surface area contributed by atoms with Crippen molar-refractivity contribution in [1.82, 2.24) is 4.98 Å². The summed E-state index contributed by atoms with van der Waals surface area (Å²) < 4.78 is 45.4. The number of benzene rings is 2. The van der Waals surface area contributed by atoms with Crippen LogP contribution in [0.25, 0.3) is 11.1 Å². The average molecular weight is 458 g/mol. The lowest BCUT2D eigenvalue weighted by Crippen LogP contribution is -2.29. The molecular weight excluding hydrogens is 433 g/mol. The fourth-order valence-electron chi connectivity index (χ4n) is 3.36. The summed E-state index contributed by atoms with van der Waals surface area (Å²) in [6, 6.07) is 13.4. The number of amides is 1. The minimum atomic E-state index is -4.51. The minimum absolute atomic E-state index is 0.246. The number of carbonyl (C=O) groups is 1. The number of ether oxygens (including phenoxy) is 1. The van der Waals surface area contributed by atoms with Gasteiger partial charge in [-0.2, -0.15) is 13.2 Å². The van der Waals surface area contributed by atoms with Crippen molar-refractivity contribution < 1.29 is 27.8 Å². The first-order valence-electron chi connectivity index (χ1n) is 10.5. The summed E-state index contributed by atoms with van der Waals surface area (Å²) in [7, 11) is 0. The van der Waals surface area contributed by atoms with Gasteiger partial charge < -0.3 is 15.2 Å². The van der Waals surface area contributed by atoms with E-state index < -0.39 is 23.9 Å². The maximum absolute atomic E-state index is 13.2. The fourth-order valence-corrected chi connectivity index (χ4v) is 3.36. The molecule has 2 aromatic carbocycles. The number of aryl methyl sites for hydroxylation is 1. The summed E-state index contributed by atoms with van der Waals surface area (Å²) in [5.74, 6) is 0.0878. The Hall–Kier alpha value is -3.39. The number of nitrogens with zero attached hydrogens (tertiary/aromatic N) is 1. The first-order valence-corrected chi connectivity index (χ1v) is 10.5. The Labute approximate surface area is 190 Å². The van der Waals surface area contributed by atoms with Crippen LogP contribution in [0.2, 0.25) is 0 Å². The zero-order valence-electron chi connectivity index (χ0n) is 18.3. The lowest BCUT2D eigenvalue weighted by Gasteiger charge is -2.21. The Morgan fingerprint density at radius 2 is 1.88 bits per heavy atom. The third-order valence-corrected chi connectivity index (χ3v) is 5.14. The molecule has 0 saturated heterocycles. The second kappa shape index (κ2) is 10.5. The molecule has 3 aromatic rings. The molecule has 0 spiro atoms. The van der Waals surface area contributed by atoms with Gasteiger partial charge in [0.2, 0.25) is 5.91 Å². The molecule has 0 saturated carbocycles. The van der Waals surface area contributed by atoms with E-state index in [9.17, 15) is 23.1 Å². The van der Waals surface area contributed by atoms with Gasteiger partial charge in [0.05, 0.1) is 11.7 Å². The molecule has 174 valence electrons. The van der Waals surface area contributed by atoms with Crippen LogP contribution in [0.4, 0.5) is 18.9 Å². The van der Waals surface area contributed by atoms with Crippen LogP contribution in [0, 0.1) is 0 Å². The molecule has 3 rings (SSSR count). The molecule has 8 heteroatoms. The van der Waals surface area contributed by atoms with Gasteiger partial charge in [-0.3, -0.25) is 9.78 Å². The van der Waals surface area contributed by atoms with Crippen molar-refractivity contribution in [3.8, 4) is 16.9 Å². The number of aliphatic hydroxyl groups is 1. The molecule has 5 nitrogen and oxygen atoms in total. The minimum Gasteiger partial charge on any atom is -0.488 e. The van der Waals surface area contributed by atoms with Gasteiger partial charge in [0.15, 0.2) is 0 Å². The van der Waals surface area contributed by atoms with E-state index in [1.165, 1.54) is 13.0 Å². The maximum Gasteiger partial charge on any atom is 0.416 e. The third-order valence-electron chi connectivity index (χ3n) is 5.14. The number of alkyl halides is 3. The fraction of sp³-hybridized carbons (Fsp3) is 0.280. The van der Waals surface area contributed by atoms with Crippen molar-refractivity contribution in [2.24, 2.45) is 0 Å². The summed E-state index contributed by atoms with van der Waals surface area (Å²) in [5, 5.41) is 13.0. The number of pyridine rings is 1. The largest absolute Gasteiger partial charge is 0.488 e. The number of aromatic nitrogens is 1. The third kappa shape index (κ3) is 6.79. The smallest absolute Gasteiger partial charge is 0.416 e. The quantitative estimate of drug-likeness (QED) is 0.469. The number of hydrogen-bond donors (Lipinski definition) is 2. The van der Waals surface area contributed by atoms with Crippen molar-refractivity contribution in [3.05, 3.63) is 78.1 Å². The average Bonchev–Trinajstić information content (AvgIpc) is 2.78.